The first-order chi connectivity index (χ1) is 10.3. The van der Waals surface area contributed by atoms with E-state index in [-0.39, 0.29) is 5.91 Å². The molecular formula is C18H26N2O. The van der Waals surface area contributed by atoms with Crippen molar-refractivity contribution >= 4 is 5.91 Å². The Balaban J connectivity index is 1.65. The third-order valence-corrected chi connectivity index (χ3v) is 5.14. The Morgan fingerprint density at radius 2 is 1.81 bits per heavy atom. The number of nitrogens with zero attached hydrogens (tertiary/aromatic N) is 1. The van der Waals surface area contributed by atoms with Crippen molar-refractivity contribution in [3.8, 4) is 0 Å². The van der Waals surface area contributed by atoms with Crippen LogP contribution in [0, 0.1) is 5.92 Å². The van der Waals surface area contributed by atoms with E-state index in [2.05, 4.69) is 12.1 Å². The van der Waals surface area contributed by atoms with Crippen molar-refractivity contribution in [2.24, 2.45) is 11.7 Å². The molecule has 21 heavy (non-hydrogen) atoms. The highest BCUT2D eigenvalue weighted by molar-refractivity contribution is 5.94. The van der Waals surface area contributed by atoms with E-state index in [0.717, 1.165) is 25.1 Å². The molecule has 0 spiro atoms. The number of carbonyl (C=O) groups is 1. The molecule has 1 aliphatic heterocycles. The molecule has 114 valence electrons. The van der Waals surface area contributed by atoms with Gasteiger partial charge in [-0.25, -0.2) is 0 Å². The predicted octanol–water partition coefficient (Wildman–Crippen LogP) is 3.16. The highest BCUT2D eigenvalue weighted by Crippen LogP contribution is 2.32. The Hall–Kier alpha value is -1.35. The van der Waals surface area contributed by atoms with Gasteiger partial charge in [0.25, 0.3) is 5.91 Å². The molecule has 1 saturated heterocycles. The van der Waals surface area contributed by atoms with Gasteiger partial charge in [0.2, 0.25) is 0 Å². The smallest absolute Gasteiger partial charge is 0.253 e. The lowest BCUT2D eigenvalue weighted by Gasteiger charge is -2.22. The monoisotopic (exact) mass is 286 g/mol. The lowest BCUT2D eigenvalue weighted by molar-refractivity contribution is 0.0787. The molecule has 0 aromatic heterocycles. The normalized spacial score (nSPS) is 23.5. The van der Waals surface area contributed by atoms with Crippen molar-refractivity contribution in [2.75, 3.05) is 19.6 Å². The number of amides is 1. The number of hydrogen-bond acceptors (Lipinski definition) is 2. The van der Waals surface area contributed by atoms with Crippen LogP contribution in [0.4, 0.5) is 0 Å². The van der Waals surface area contributed by atoms with Gasteiger partial charge in [0, 0.05) is 18.7 Å². The Labute approximate surface area is 127 Å². The molecule has 1 aromatic rings. The summed E-state index contributed by atoms with van der Waals surface area (Å²) >= 11 is 0. The zero-order valence-electron chi connectivity index (χ0n) is 12.8. The first kappa shape index (κ1) is 14.6. The zero-order chi connectivity index (χ0) is 14.7. The van der Waals surface area contributed by atoms with Crippen LogP contribution in [-0.4, -0.2) is 30.4 Å². The fraction of sp³-hybridized carbons (Fsp3) is 0.611. The Morgan fingerprint density at radius 3 is 2.43 bits per heavy atom. The van der Waals surface area contributed by atoms with Crippen LogP contribution in [0.1, 0.15) is 60.4 Å². The van der Waals surface area contributed by atoms with Gasteiger partial charge in [-0.05, 0) is 55.3 Å². The summed E-state index contributed by atoms with van der Waals surface area (Å²) in [7, 11) is 0. The second-order valence-corrected chi connectivity index (χ2v) is 6.60. The quantitative estimate of drug-likeness (QED) is 0.927. The minimum Gasteiger partial charge on any atom is -0.338 e. The van der Waals surface area contributed by atoms with Gasteiger partial charge in [0.15, 0.2) is 0 Å². The number of carbonyl (C=O) groups excluding carboxylic acids is 1. The standard InChI is InChI=1S/C18H26N2O/c19-12-14-10-11-20(13-14)18(21)17-8-6-16(7-9-17)15-4-2-1-3-5-15/h6-9,14-15H,1-5,10-13,19H2. The fourth-order valence-electron chi connectivity index (χ4n) is 3.73. The van der Waals surface area contributed by atoms with Gasteiger partial charge >= 0.3 is 0 Å². The fourth-order valence-corrected chi connectivity index (χ4v) is 3.73. The van der Waals surface area contributed by atoms with Gasteiger partial charge in [0.1, 0.15) is 0 Å². The third kappa shape index (κ3) is 3.29. The number of hydrogen-bond donors (Lipinski definition) is 1. The van der Waals surface area contributed by atoms with Crippen LogP contribution >= 0.6 is 0 Å². The first-order valence-corrected chi connectivity index (χ1v) is 8.37. The summed E-state index contributed by atoms with van der Waals surface area (Å²) in [4.78, 5) is 14.4. The average molecular weight is 286 g/mol. The SMILES string of the molecule is NCC1CCN(C(=O)c2ccc(C3CCCCC3)cc2)C1. The van der Waals surface area contributed by atoms with Crippen LogP contribution in [0.5, 0.6) is 0 Å². The zero-order valence-corrected chi connectivity index (χ0v) is 12.8. The maximum Gasteiger partial charge on any atom is 0.253 e. The second kappa shape index (κ2) is 6.61. The summed E-state index contributed by atoms with van der Waals surface area (Å²) < 4.78 is 0. The molecule has 3 rings (SSSR count). The van der Waals surface area contributed by atoms with Crippen molar-refractivity contribution < 1.29 is 4.79 Å². The lowest BCUT2D eigenvalue weighted by Crippen LogP contribution is -2.29. The van der Waals surface area contributed by atoms with Crippen molar-refractivity contribution in [1.29, 1.82) is 0 Å². The number of rotatable bonds is 3. The van der Waals surface area contributed by atoms with Gasteiger partial charge in [-0.1, -0.05) is 31.4 Å². The van der Waals surface area contributed by atoms with E-state index in [1.807, 2.05) is 17.0 Å². The van der Waals surface area contributed by atoms with Crippen LogP contribution in [0.3, 0.4) is 0 Å². The van der Waals surface area contributed by atoms with Gasteiger partial charge < -0.3 is 10.6 Å². The van der Waals surface area contributed by atoms with Crippen LogP contribution in [0.25, 0.3) is 0 Å². The van der Waals surface area contributed by atoms with Gasteiger partial charge in [-0.15, -0.1) is 0 Å². The van der Waals surface area contributed by atoms with Gasteiger partial charge in [-0.3, -0.25) is 4.79 Å². The topological polar surface area (TPSA) is 46.3 Å². The van der Waals surface area contributed by atoms with E-state index in [1.165, 1.54) is 37.7 Å². The molecule has 1 heterocycles. The predicted molar refractivity (Wildman–Crippen MR) is 85.3 cm³/mol. The van der Waals surface area contributed by atoms with Crippen molar-refractivity contribution in [3.05, 3.63) is 35.4 Å². The van der Waals surface area contributed by atoms with E-state index in [0.29, 0.717) is 18.4 Å². The summed E-state index contributed by atoms with van der Waals surface area (Å²) in [6, 6.07) is 8.36. The molecule has 2 N–H and O–H groups in total. The molecule has 1 saturated carbocycles. The highest BCUT2D eigenvalue weighted by Gasteiger charge is 2.26. The lowest BCUT2D eigenvalue weighted by atomic mass is 9.84. The minimum atomic E-state index is 0.168. The Kier molecular flexibility index (Phi) is 4.59. The van der Waals surface area contributed by atoms with Crippen LogP contribution in [0.2, 0.25) is 0 Å². The maximum atomic E-state index is 12.5. The minimum absolute atomic E-state index is 0.168. The van der Waals surface area contributed by atoms with E-state index < -0.39 is 0 Å². The van der Waals surface area contributed by atoms with E-state index in [1.54, 1.807) is 0 Å². The third-order valence-electron chi connectivity index (χ3n) is 5.14. The molecule has 2 aliphatic rings. The largest absolute Gasteiger partial charge is 0.338 e. The molecule has 0 bridgehead atoms. The van der Waals surface area contributed by atoms with Crippen molar-refractivity contribution in [2.45, 2.75) is 44.4 Å². The molecular weight excluding hydrogens is 260 g/mol. The Morgan fingerprint density at radius 1 is 1.10 bits per heavy atom. The molecule has 3 heteroatoms. The van der Waals surface area contributed by atoms with E-state index >= 15 is 0 Å². The Bertz CT molecular complexity index is 476. The number of nitrogens with two attached hydrogens (primary N) is 1. The molecule has 1 aromatic carbocycles. The van der Waals surface area contributed by atoms with E-state index in [9.17, 15) is 4.79 Å². The summed E-state index contributed by atoms with van der Waals surface area (Å²) in [6.07, 6.45) is 7.72. The molecule has 1 unspecified atom stereocenters. The van der Waals surface area contributed by atoms with Crippen LogP contribution < -0.4 is 5.73 Å². The summed E-state index contributed by atoms with van der Waals surface area (Å²) in [5.74, 6) is 1.35. The molecule has 3 nitrogen and oxygen atoms in total. The number of likely N-dealkylation sites (tertiary alicyclic amines) is 1. The van der Waals surface area contributed by atoms with Crippen molar-refractivity contribution in [1.82, 2.24) is 4.90 Å². The highest BCUT2D eigenvalue weighted by atomic mass is 16.2. The molecule has 0 radical (unpaired) electrons. The maximum absolute atomic E-state index is 12.5. The first-order valence-electron chi connectivity index (χ1n) is 8.37. The molecule has 1 aliphatic carbocycles. The van der Waals surface area contributed by atoms with Gasteiger partial charge in [-0.2, -0.15) is 0 Å². The van der Waals surface area contributed by atoms with Crippen LogP contribution in [0.15, 0.2) is 24.3 Å². The van der Waals surface area contributed by atoms with Gasteiger partial charge in [0.05, 0.1) is 0 Å². The summed E-state index contributed by atoms with van der Waals surface area (Å²) in [5.41, 5.74) is 7.94. The summed E-state index contributed by atoms with van der Waals surface area (Å²) in [5, 5.41) is 0. The molecule has 2 fully saturated rings. The average Bonchev–Trinajstić information content (AvgIpc) is 3.04. The second-order valence-electron chi connectivity index (χ2n) is 6.60. The summed E-state index contributed by atoms with van der Waals surface area (Å²) in [6.45, 7) is 2.36. The molecule has 1 amide bonds. The van der Waals surface area contributed by atoms with E-state index in [4.69, 9.17) is 5.73 Å². The van der Waals surface area contributed by atoms with Crippen molar-refractivity contribution in [3.63, 3.8) is 0 Å². The van der Waals surface area contributed by atoms with Crippen LogP contribution in [-0.2, 0) is 0 Å². The number of benzene rings is 1. The molecule has 1 atom stereocenters.